The van der Waals surface area contributed by atoms with Crippen LogP contribution >= 0.6 is 0 Å². The molecule has 78 valence electrons. The molecule has 0 unspecified atom stereocenters. The van der Waals surface area contributed by atoms with E-state index < -0.39 is 0 Å². The van der Waals surface area contributed by atoms with Crippen LogP contribution in [0.2, 0.25) is 0 Å². The highest BCUT2D eigenvalue weighted by atomic mass is 16.5. The van der Waals surface area contributed by atoms with Crippen LogP contribution in [-0.2, 0) is 0 Å². The molecule has 1 N–H and O–H groups in total. The lowest BCUT2D eigenvalue weighted by Gasteiger charge is -2.14. The van der Waals surface area contributed by atoms with E-state index in [9.17, 15) is 5.11 Å². The minimum atomic E-state index is -0.00620. The summed E-state index contributed by atoms with van der Waals surface area (Å²) in [6.07, 6.45) is 0. The quantitative estimate of drug-likeness (QED) is 0.803. The second-order valence-electron chi connectivity index (χ2n) is 2.79. The van der Waals surface area contributed by atoms with Crippen LogP contribution in [0.4, 0.5) is 0 Å². The second-order valence-corrected chi connectivity index (χ2v) is 2.79. The largest absolute Gasteiger partial charge is 0.502 e. The molecule has 0 aliphatic rings. The van der Waals surface area contributed by atoms with Gasteiger partial charge in [-0.1, -0.05) is 0 Å². The number of ether oxygens (including phenoxy) is 3. The molecule has 1 aromatic rings. The number of benzene rings is 1. The lowest BCUT2D eigenvalue weighted by atomic mass is 10.1. The Kier molecular flexibility index (Phi) is 3.06. The molecule has 0 atom stereocenters. The summed E-state index contributed by atoms with van der Waals surface area (Å²) in [6.45, 7) is 1.80. The van der Waals surface area contributed by atoms with Crippen LogP contribution in [0.3, 0.4) is 0 Å². The molecule has 0 heterocycles. The monoisotopic (exact) mass is 198 g/mol. The number of aromatic hydroxyl groups is 1. The van der Waals surface area contributed by atoms with Gasteiger partial charge in [-0.05, 0) is 6.92 Å². The molecule has 4 heteroatoms. The molecule has 4 nitrogen and oxygen atoms in total. The molecule has 0 aromatic heterocycles. The number of rotatable bonds is 3. The summed E-state index contributed by atoms with van der Waals surface area (Å²) in [7, 11) is 4.52. The molecule has 0 amide bonds. The van der Waals surface area contributed by atoms with Gasteiger partial charge >= 0.3 is 0 Å². The van der Waals surface area contributed by atoms with E-state index >= 15 is 0 Å². The number of methoxy groups -OCH3 is 3. The summed E-state index contributed by atoms with van der Waals surface area (Å²) in [5, 5.41) is 9.68. The Morgan fingerprint density at radius 1 is 1.00 bits per heavy atom. The van der Waals surface area contributed by atoms with Crippen LogP contribution in [0.1, 0.15) is 5.56 Å². The highest BCUT2D eigenvalue weighted by Crippen LogP contribution is 2.43. The van der Waals surface area contributed by atoms with Crippen molar-refractivity contribution in [1.82, 2.24) is 0 Å². The predicted octanol–water partition coefficient (Wildman–Crippen LogP) is 1.73. The molecule has 0 radical (unpaired) electrons. The predicted molar refractivity (Wildman–Crippen MR) is 52.5 cm³/mol. The number of hydrogen-bond donors (Lipinski definition) is 1. The number of hydrogen-bond acceptors (Lipinski definition) is 4. The summed E-state index contributed by atoms with van der Waals surface area (Å²) in [5.41, 5.74) is 0.744. The minimum Gasteiger partial charge on any atom is -0.502 e. The van der Waals surface area contributed by atoms with E-state index in [4.69, 9.17) is 14.2 Å². The lowest BCUT2D eigenvalue weighted by molar-refractivity contribution is 0.329. The van der Waals surface area contributed by atoms with Crippen molar-refractivity contribution in [1.29, 1.82) is 0 Å². The summed E-state index contributed by atoms with van der Waals surface area (Å²) in [4.78, 5) is 0. The van der Waals surface area contributed by atoms with Crippen molar-refractivity contribution < 1.29 is 19.3 Å². The third-order valence-corrected chi connectivity index (χ3v) is 2.06. The van der Waals surface area contributed by atoms with Gasteiger partial charge in [0.05, 0.1) is 21.3 Å². The molecule has 1 aromatic carbocycles. The molecule has 1 rings (SSSR count). The topological polar surface area (TPSA) is 47.9 Å². The summed E-state index contributed by atoms with van der Waals surface area (Å²) < 4.78 is 15.1. The van der Waals surface area contributed by atoms with Gasteiger partial charge in [-0.2, -0.15) is 0 Å². The molecule has 0 saturated carbocycles. The van der Waals surface area contributed by atoms with E-state index in [1.165, 1.54) is 14.2 Å². The van der Waals surface area contributed by atoms with E-state index in [0.29, 0.717) is 17.2 Å². The SMILES string of the molecule is COc1cc(OC)c(O)c(OC)c1C. The Balaban J connectivity index is 3.39. The highest BCUT2D eigenvalue weighted by Gasteiger charge is 2.16. The van der Waals surface area contributed by atoms with Gasteiger partial charge in [0, 0.05) is 11.6 Å². The van der Waals surface area contributed by atoms with Crippen molar-refractivity contribution in [2.45, 2.75) is 6.92 Å². The van der Waals surface area contributed by atoms with E-state index in [-0.39, 0.29) is 5.75 Å². The average Bonchev–Trinajstić information content (AvgIpc) is 2.19. The van der Waals surface area contributed by atoms with Crippen molar-refractivity contribution in [3.63, 3.8) is 0 Å². The first-order valence-electron chi connectivity index (χ1n) is 4.14. The molecule has 14 heavy (non-hydrogen) atoms. The van der Waals surface area contributed by atoms with Crippen molar-refractivity contribution in [2.24, 2.45) is 0 Å². The standard InChI is InChI=1S/C10H14O4/c1-6-7(12-2)5-8(13-3)9(11)10(6)14-4/h5,11H,1-4H3. The number of phenolic OH excluding ortho intramolecular Hbond substituents is 1. The molecule has 0 saturated heterocycles. The molecular weight excluding hydrogens is 184 g/mol. The summed E-state index contributed by atoms with van der Waals surface area (Å²) in [5.74, 6) is 1.33. The van der Waals surface area contributed by atoms with Gasteiger partial charge in [-0.25, -0.2) is 0 Å². The van der Waals surface area contributed by atoms with Crippen LogP contribution in [-0.4, -0.2) is 26.4 Å². The fraction of sp³-hybridized carbons (Fsp3) is 0.400. The van der Waals surface area contributed by atoms with Crippen molar-refractivity contribution >= 4 is 0 Å². The fourth-order valence-electron chi connectivity index (χ4n) is 1.31. The Morgan fingerprint density at radius 3 is 2.00 bits per heavy atom. The van der Waals surface area contributed by atoms with Gasteiger partial charge in [0.2, 0.25) is 5.75 Å². The van der Waals surface area contributed by atoms with E-state index in [1.807, 2.05) is 0 Å². The second kappa shape index (κ2) is 4.09. The van der Waals surface area contributed by atoms with Crippen LogP contribution in [0.5, 0.6) is 23.0 Å². The van der Waals surface area contributed by atoms with Crippen molar-refractivity contribution in [3.8, 4) is 23.0 Å². The lowest BCUT2D eigenvalue weighted by Crippen LogP contribution is -1.95. The van der Waals surface area contributed by atoms with Crippen LogP contribution in [0.25, 0.3) is 0 Å². The normalized spacial score (nSPS) is 9.71. The van der Waals surface area contributed by atoms with E-state index in [1.54, 1.807) is 20.1 Å². The average molecular weight is 198 g/mol. The zero-order valence-electron chi connectivity index (χ0n) is 8.75. The van der Waals surface area contributed by atoms with Gasteiger partial charge < -0.3 is 19.3 Å². The van der Waals surface area contributed by atoms with Gasteiger partial charge in [0.25, 0.3) is 0 Å². The van der Waals surface area contributed by atoms with Gasteiger partial charge in [0.1, 0.15) is 5.75 Å². The first-order chi connectivity index (χ1) is 6.65. The third kappa shape index (κ3) is 1.55. The maximum atomic E-state index is 9.68. The Hall–Kier alpha value is -1.58. The minimum absolute atomic E-state index is 0.00620. The highest BCUT2D eigenvalue weighted by molar-refractivity contribution is 5.60. The third-order valence-electron chi connectivity index (χ3n) is 2.06. The smallest absolute Gasteiger partial charge is 0.201 e. The summed E-state index contributed by atoms with van der Waals surface area (Å²) >= 11 is 0. The molecule has 0 aliphatic heterocycles. The van der Waals surface area contributed by atoms with E-state index in [2.05, 4.69) is 0 Å². The van der Waals surface area contributed by atoms with Gasteiger partial charge in [0.15, 0.2) is 11.5 Å². The maximum Gasteiger partial charge on any atom is 0.201 e. The van der Waals surface area contributed by atoms with Gasteiger partial charge in [-0.3, -0.25) is 0 Å². The fourth-order valence-corrected chi connectivity index (χ4v) is 1.31. The van der Waals surface area contributed by atoms with Crippen LogP contribution < -0.4 is 14.2 Å². The molecule has 0 spiro atoms. The zero-order valence-corrected chi connectivity index (χ0v) is 8.75. The molecular formula is C10H14O4. The molecule has 0 aliphatic carbocycles. The molecule has 0 fully saturated rings. The number of phenols is 1. The first-order valence-corrected chi connectivity index (χ1v) is 4.14. The van der Waals surface area contributed by atoms with Crippen molar-refractivity contribution in [3.05, 3.63) is 11.6 Å². The Labute approximate surface area is 83.0 Å². The van der Waals surface area contributed by atoms with Gasteiger partial charge in [-0.15, -0.1) is 0 Å². The first kappa shape index (κ1) is 10.5. The molecule has 0 bridgehead atoms. The summed E-state index contributed by atoms with van der Waals surface area (Å²) in [6, 6.07) is 1.62. The maximum absolute atomic E-state index is 9.68. The zero-order chi connectivity index (χ0) is 10.7. The van der Waals surface area contributed by atoms with Crippen molar-refractivity contribution in [2.75, 3.05) is 21.3 Å². The van der Waals surface area contributed by atoms with Crippen LogP contribution in [0, 0.1) is 6.92 Å². The Bertz CT molecular complexity index is 305. The van der Waals surface area contributed by atoms with Crippen LogP contribution in [0.15, 0.2) is 6.07 Å². The Morgan fingerprint density at radius 2 is 1.57 bits per heavy atom. The van der Waals surface area contributed by atoms with E-state index in [0.717, 1.165) is 5.56 Å².